The number of hydrogen-bond donors (Lipinski definition) is 2. The summed E-state index contributed by atoms with van der Waals surface area (Å²) >= 11 is 0. The van der Waals surface area contributed by atoms with E-state index in [9.17, 15) is 14.4 Å². The fraction of sp³-hybridized carbons (Fsp3) is 0.357. The summed E-state index contributed by atoms with van der Waals surface area (Å²) in [5.41, 5.74) is 5.26. The van der Waals surface area contributed by atoms with Gasteiger partial charge in [-0.05, 0) is 12.1 Å². The van der Waals surface area contributed by atoms with E-state index in [4.69, 9.17) is 20.3 Å². The summed E-state index contributed by atoms with van der Waals surface area (Å²) < 4.78 is 10.3. The number of amides is 2. The van der Waals surface area contributed by atoms with E-state index >= 15 is 0 Å². The molecule has 1 atom stereocenters. The van der Waals surface area contributed by atoms with Gasteiger partial charge in [-0.2, -0.15) is 0 Å². The third kappa shape index (κ3) is 3.73. The van der Waals surface area contributed by atoms with Crippen molar-refractivity contribution in [1.82, 2.24) is 4.90 Å². The molecule has 1 heterocycles. The molecule has 1 fully saturated rings. The van der Waals surface area contributed by atoms with Crippen LogP contribution in [0.4, 0.5) is 0 Å². The van der Waals surface area contributed by atoms with Gasteiger partial charge >= 0.3 is 5.97 Å². The SMILES string of the molecule is NC(=O)COc1ccccc1C(=O)N1CCOC(C(=O)O)C1. The van der Waals surface area contributed by atoms with Gasteiger partial charge in [-0.15, -0.1) is 0 Å². The van der Waals surface area contributed by atoms with Gasteiger partial charge < -0.3 is 25.2 Å². The molecule has 1 unspecified atom stereocenters. The molecule has 3 N–H and O–H groups in total. The Kier molecular flexibility index (Phi) is 4.95. The van der Waals surface area contributed by atoms with Gasteiger partial charge in [0.05, 0.1) is 18.7 Å². The monoisotopic (exact) mass is 308 g/mol. The molecular weight excluding hydrogens is 292 g/mol. The minimum absolute atomic E-state index is 0.0433. The van der Waals surface area contributed by atoms with Crippen LogP contribution in [0, 0.1) is 0 Å². The topological polar surface area (TPSA) is 119 Å². The van der Waals surface area contributed by atoms with Crippen LogP contribution in [-0.4, -0.2) is 60.2 Å². The van der Waals surface area contributed by atoms with Crippen molar-refractivity contribution in [3.05, 3.63) is 29.8 Å². The summed E-state index contributed by atoms with van der Waals surface area (Å²) in [7, 11) is 0. The molecule has 1 aliphatic rings. The van der Waals surface area contributed by atoms with E-state index in [1.54, 1.807) is 24.3 Å². The minimum atomic E-state index is -1.12. The Morgan fingerprint density at radius 1 is 1.36 bits per heavy atom. The lowest BCUT2D eigenvalue weighted by Crippen LogP contribution is -2.48. The van der Waals surface area contributed by atoms with Gasteiger partial charge in [0.15, 0.2) is 12.7 Å². The second-order valence-corrected chi connectivity index (χ2v) is 4.70. The van der Waals surface area contributed by atoms with Crippen molar-refractivity contribution in [3.8, 4) is 5.75 Å². The predicted molar refractivity (Wildman–Crippen MR) is 74.4 cm³/mol. The summed E-state index contributed by atoms with van der Waals surface area (Å²) in [4.78, 5) is 35.7. The van der Waals surface area contributed by atoms with Crippen molar-refractivity contribution in [2.24, 2.45) is 5.73 Å². The Hall–Kier alpha value is -2.61. The maximum absolute atomic E-state index is 12.5. The smallest absolute Gasteiger partial charge is 0.334 e. The van der Waals surface area contributed by atoms with Crippen LogP contribution in [0.3, 0.4) is 0 Å². The van der Waals surface area contributed by atoms with E-state index in [1.807, 2.05) is 0 Å². The molecule has 2 rings (SSSR count). The Bertz CT molecular complexity index is 588. The maximum Gasteiger partial charge on any atom is 0.334 e. The van der Waals surface area contributed by atoms with E-state index in [2.05, 4.69) is 0 Å². The molecule has 1 aliphatic heterocycles. The van der Waals surface area contributed by atoms with Crippen LogP contribution in [0.5, 0.6) is 5.75 Å². The van der Waals surface area contributed by atoms with Gasteiger partial charge in [0.25, 0.3) is 11.8 Å². The Labute approximate surface area is 126 Å². The second-order valence-electron chi connectivity index (χ2n) is 4.70. The standard InChI is InChI=1S/C14H16N2O6/c15-12(17)8-22-10-4-2-1-3-9(10)13(18)16-5-6-21-11(7-16)14(19)20/h1-4,11H,5-8H2,(H2,15,17)(H,19,20). The van der Waals surface area contributed by atoms with Crippen molar-refractivity contribution in [1.29, 1.82) is 0 Å². The first-order valence-corrected chi connectivity index (χ1v) is 6.63. The van der Waals surface area contributed by atoms with Crippen molar-refractivity contribution < 1.29 is 29.0 Å². The van der Waals surface area contributed by atoms with E-state index < -0.39 is 18.0 Å². The number of hydrogen-bond acceptors (Lipinski definition) is 5. The zero-order valence-corrected chi connectivity index (χ0v) is 11.7. The van der Waals surface area contributed by atoms with Crippen LogP contribution in [0.2, 0.25) is 0 Å². The van der Waals surface area contributed by atoms with Gasteiger partial charge in [0.1, 0.15) is 5.75 Å². The molecule has 22 heavy (non-hydrogen) atoms. The van der Waals surface area contributed by atoms with Crippen molar-refractivity contribution >= 4 is 17.8 Å². The van der Waals surface area contributed by atoms with Gasteiger partial charge in [-0.25, -0.2) is 4.79 Å². The number of carbonyl (C=O) groups excluding carboxylic acids is 2. The molecule has 1 aromatic rings. The molecule has 0 bridgehead atoms. The number of para-hydroxylation sites is 1. The normalized spacial score (nSPS) is 17.8. The summed E-state index contributed by atoms with van der Waals surface area (Å²) in [6.07, 6.45) is -1.04. The van der Waals surface area contributed by atoms with Gasteiger partial charge in [-0.3, -0.25) is 9.59 Å². The molecule has 8 heteroatoms. The summed E-state index contributed by atoms with van der Waals surface area (Å²) in [6, 6.07) is 6.40. The number of aliphatic carboxylic acids is 1. The number of nitrogens with zero attached hydrogens (tertiary/aromatic N) is 1. The molecule has 1 saturated heterocycles. The second kappa shape index (κ2) is 6.90. The number of rotatable bonds is 5. The number of morpholine rings is 1. The summed E-state index contributed by atoms with van der Waals surface area (Å²) in [6.45, 7) is 0.0449. The van der Waals surface area contributed by atoms with E-state index in [-0.39, 0.29) is 43.5 Å². The Balaban J connectivity index is 2.15. The number of primary amides is 1. The number of benzene rings is 1. The van der Waals surface area contributed by atoms with E-state index in [1.165, 1.54) is 4.90 Å². The number of carboxylic acid groups (broad SMARTS) is 1. The molecule has 0 radical (unpaired) electrons. The highest BCUT2D eigenvalue weighted by Gasteiger charge is 2.30. The zero-order valence-electron chi connectivity index (χ0n) is 11.7. The van der Waals surface area contributed by atoms with Crippen LogP contribution in [0.25, 0.3) is 0 Å². The fourth-order valence-electron chi connectivity index (χ4n) is 2.07. The minimum Gasteiger partial charge on any atom is -0.483 e. The third-order valence-electron chi connectivity index (χ3n) is 3.12. The summed E-state index contributed by atoms with van der Waals surface area (Å²) in [5.74, 6) is -1.92. The average molecular weight is 308 g/mol. The number of carboxylic acids is 1. The molecule has 118 valence electrons. The molecule has 0 spiro atoms. The highest BCUT2D eigenvalue weighted by Crippen LogP contribution is 2.21. The predicted octanol–water partition coefficient (Wildman–Crippen LogP) is -0.524. The van der Waals surface area contributed by atoms with Crippen molar-refractivity contribution in [3.63, 3.8) is 0 Å². The first-order chi connectivity index (χ1) is 10.5. The van der Waals surface area contributed by atoms with Crippen LogP contribution in [-0.2, 0) is 14.3 Å². The number of ether oxygens (including phenoxy) is 2. The first-order valence-electron chi connectivity index (χ1n) is 6.63. The van der Waals surface area contributed by atoms with Crippen LogP contribution >= 0.6 is 0 Å². The van der Waals surface area contributed by atoms with E-state index in [0.717, 1.165) is 0 Å². The zero-order chi connectivity index (χ0) is 16.1. The number of carbonyl (C=O) groups is 3. The largest absolute Gasteiger partial charge is 0.483 e. The molecule has 1 aromatic carbocycles. The highest BCUT2D eigenvalue weighted by molar-refractivity contribution is 5.97. The van der Waals surface area contributed by atoms with Crippen molar-refractivity contribution in [2.75, 3.05) is 26.3 Å². The molecule has 0 aromatic heterocycles. The van der Waals surface area contributed by atoms with Crippen molar-refractivity contribution in [2.45, 2.75) is 6.10 Å². The van der Waals surface area contributed by atoms with Gasteiger partial charge in [-0.1, -0.05) is 12.1 Å². The quantitative estimate of drug-likeness (QED) is 0.755. The molecule has 2 amide bonds. The lowest BCUT2D eigenvalue weighted by molar-refractivity contribution is -0.154. The molecule has 0 saturated carbocycles. The average Bonchev–Trinajstić information content (AvgIpc) is 2.52. The lowest BCUT2D eigenvalue weighted by Gasteiger charge is -2.31. The van der Waals surface area contributed by atoms with Gasteiger partial charge in [0.2, 0.25) is 0 Å². The van der Waals surface area contributed by atoms with Crippen LogP contribution < -0.4 is 10.5 Å². The fourth-order valence-corrected chi connectivity index (χ4v) is 2.07. The maximum atomic E-state index is 12.5. The first kappa shape index (κ1) is 15.8. The molecular formula is C14H16N2O6. The molecule has 0 aliphatic carbocycles. The number of nitrogens with two attached hydrogens (primary N) is 1. The Morgan fingerprint density at radius 3 is 2.77 bits per heavy atom. The molecule has 8 nitrogen and oxygen atoms in total. The third-order valence-corrected chi connectivity index (χ3v) is 3.12. The van der Waals surface area contributed by atoms with E-state index in [0.29, 0.717) is 0 Å². The Morgan fingerprint density at radius 2 is 2.09 bits per heavy atom. The lowest BCUT2D eigenvalue weighted by atomic mass is 10.1. The summed E-state index contributed by atoms with van der Waals surface area (Å²) in [5, 5.41) is 8.97. The van der Waals surface area contributed by atoms with Gasteiger partial charge in [0, 0.05) is 6.54 Å². The highest BCUT2D eigenvalue weighted by atomic mass is 16.5. The van der Waals surface area contributed by atoms with Crippen LogP contribution in [0.1, 0.15) is 10.4 Å². The van der Waals surface area contributed by atoms with Crippen LogP contribution in [0.15, 0.2) is 24.3 Å².